The Labute approximate surface area is 163 Å². The number of carbonyl (C=O) groups excluding carboxylic acids is 1. The van der Waals surface area contributed by atoms with Crippen molar-refractivity contribution in [1.82, 2.24) is 15.2 Å². The molecule has 4 aromatic rings. The molecule has 0 atom stereocenters. The van der Waals surface area contributed by atoms with E-state index in [2.05, 4.69) is 20.5 Å². The summed E-state index contributed by atoms with van der Waals surface area (Å²) in [7, 11) is 0. The van der Waals surface area contributed by atoms with Crippen LogP contribution in [0.15, 0.2) is 71.0 Å². The molecule has 0 radical (unpaired) electrons. The maximum absolute atomic E-state index is 12.7. The van der Waals surface area contributed by atoms with Crippen molar-refractivity contribution in [3.63, 3.8) is 0 Å². The van der Waals surface area contributed by atoms with Crippen LogP contribution in [0.3, 0.4) is 0 Å². The van der Waals surface area contributed by atoms with Gasteiger partial charge in [-0.3, -0.25) is 9.89 Å². The lowest BCUT2D eigenvalue weighted by molar-refractivity contribution is 0.102. The number of fused-ring (bicyclic) bond motifs is 1. The summed E-state index contributed by atoms with van der Waals surface area (Å²) in [5, 5.41) is 22.5. The molecule has 0 saturated carbocycles. The van der Waals surface area contributed by atoms with Gasteiger partial charge in [0, 0.05) is 21.4 Å². The summed E-state index contributed by atoms with van der Waals surface area (Å²) in [6.07, 6.45) is 1.39. The lowest BCUT2D eigenvalue weighted by atomic mass is 10.1. The van der Waals surface area contributed by atoms with Gasteiger partial charge in [-0.15, -0.1) is 0 Å². The number of anilines is 1. The molecule has 3 aromatic carbocycles. The van der Waals surface area contributed by atoms with Crippen LogP contribution in [0.25, 0.3) is 10.8 Å². The second kappa shape index (κ2) is 7.30. The van der Waals surface area contributed by atoms with Gasteiger partial charge in [-0.2, -0.15) is 5.10 Å². The number of rotatable bonds is 4. The number of nitrogens with one attached hydrogen (secondary N) is 2. The number of halogens is 1. The number of phenolic OH excluding ortho intramolecular Hbond substituents is 1. The lowest BCUT2D eigenvalue weighted by Crippen LogP contribution is -2.12. The maximum atomic E-state index is 12.7. The molecule has 4 rings (SSSR count). The summed E-state index contributed by atoms with van der Waals surface area (Å²) in [6, 6.07) is 15.7. The molecule has 6 nitrogen and oxygen atoms in total. The highest BCUT2D eigenvalue weighted by Gasteiger charge is 2.16. The maximum Gasteiger partial charge on any atom is 0.255 e. The first-order chi connectivity index (χ1) is 13.1. The molecule has 0 bridgehead atoms. The Morgan fingerprint density at radius 3 is 2.67 bits per heavy atom. The minimum absolute atomic E-state index is 0.118. The molecule has 0 aliphatic carbocycles. The summed E-state index contributed by atoms with van der Waals surface area (Å²) in [5.41, 5.74) is 1.03. The third-order valence-electron chi connectivity index (χ3n) is 3.92. The molecule has 0 aliphatic heterocycles. The fraction of sp³-hybridized carbons (Fsp3) is 0. The number of aromatic nitrogens is 3. The molecule has 0 spiro atoms. The molecular weight excluding hydrogens is 384 g/mol. The fourth-order valence-corrected chi connectivity index (χ4v) is 3.67. The van der Waals surface area contributed by atoms with Crippen molar-refractivity contribution in [2.75, 3.05) is 5.32 Å². The number of aromatic amines is 1. The van der Waals surface area contributed by atoms with E-state index in [1.54, 1.807) is 36.4 Å². The van der Waals surface area contributed by atoms with Crippen molar-refractivity contribution in [1.29, 1.82) is 0 Å². The van der Waals surface area contributed by atoms with Crippen molar-refractivity contribution in [3.8, 4) is 5.75 Å². The van der Waals surface area contributed by atoms with E-state index >= 15 is 0 Å². The van der Waals surface area contributed by atoms with Crippen LogP contribution < -0.4 is 5.32 Å². The number of carbonyl (C=O) groups is 1. The predicted molar refractivity (Wildman–Crippen MR) is 106 cm³/mol. The molecule has 27 heavy (non-hydrogen) atoms. The largest absolute Gasteiger partial charge is 0.506 e. The minimum Gasteiger partial charge on any atom is -0.506 e. The van der Waals surface area contributed by atoms with E-state index in [4.69, 9.17) is 11.6 Å². The van der Waals surface area contributed by atoms with Gasteiger partial charge >= 0.3 is 0 Å². The van der Waals surface area contributed by atoms with Crippen LogP contribution in [0.5, 0.6) is 5.75 Å². The van der Waals surface area contributed by atoms with Crippen LogP contribution >= 0.6 is 23.4 Å². The van der Waals surface area contributed by atoms with E-state index in [0.717, 1.165) is 5.39 Å². The molecule has 0 unspecified atom stereocenters. The first kappa shape index (κ1) is 17.4. The topological polar surface area (TPSA) is 90.9 Å². The van der Waals surface area contributed by atoms with Crippen LogP contribution in [0.2, 0.25) is 5.02 Å². The van der Waals surface area contributed by atoms with Gasteiger partial charge in [0.1, 0.15) is 12.1 Å². The Hall–Kier alpha value is -3.03. The van der Waals surface area contributed by atoms with Crippen molar-refractivity contribution >= 4 is 45.7 Å². The van der Waals surface area contributed by atoms with Gasteiger partial charge in [0.25, 0.3) is 5.91 Å². The Bertz CT molecular complexity index is 1130. The standard InChI is InChI=1S/C19H13ClN4O2S/c20-12-5-3-4-11(8-12)18(26)23-15-9-16(27-19-21-10-22-24-19)17(25)14-7-2-1-6-13(14)15/h1-10,25H,(H,23,26)(H,21,22,24). The van der Waals surface area contributed by atoms with Gasteiger partial charge in [-0.05, 0) is 36.0 Å². The van der Waals surface area contributed by atoms with E-state index < -0.39 is 0 Å². The Morgan fingerprint density at radius 2 is 1.93 bits per heavy atom. The molecule has 3 N–H and O–H groups in total. The monoisotopic (exact) mass is 396 g/mol. The summed E-state index contributed by atoms with van der Waals surface area (Å²) in [6.45, 7) is 0. The normalized spacial score (nSPS) is 10.9. The van der Waals surface area contributed by atoms with E-state index in [1.165, 1.54) is 18.1 Å². The highest BCUT2D eigenvalue weighted by molar-refractivity contribution is 7.99. The van der Waals surface area contributed by atoms with E-state index in [0.29, 0.717) is 31.7 Å². The number of amides is 1. The SMILES string of the molecule is O=C(Nc1cc(Sc2ncn[nH]2)c(O)c2ccccc12)c1cccc(Cl)c1. The molecule has 0 fully saturated rings. The molecule has 1 aromatic heterocycles. The smallest absolute Gasteiger partial charge is 0.255 e. The number of H-pyrrole nitrogens is 1. The van der Waals surface area contributed by atoms with Crippen LogP contribution in [0, 0.1) is 0 Å². The highest BCUT2D eigenvalue weighted by Crippen LogP contribution is 2.41. The third kappa shape index (κ3) is 3.60. The van der Waals surface area contributed by atoms with Gasteiger partial charge in [0.2, 0.25) is 0 Å². The van der Waals surface area contributed by atoms with Gasteiger partial charge in [0.15, 0.2) is 5.16 Å². The van der Waals surface area contributed by atoms with Crippen LogP contribution in [0.4, 0.5) is 5.69 Å². The van der Waals surface area contributed by atoms with Crippen LogP contribution in [0.1, 0.15) is 10.4 Å². The van der Waals surface area contributed by atoms with Crippen molar-refractivity contribution in [2.45, 2.75) is 10.1 Å². The van der Waals surface area contributed by atoms with Gasteiger partial charge in [-0.1, -0.05) is 41.9 Å². The Morgan fingerprint density at radius 1 is 1.11 bits per heavy atom. The lowest BCUT2D eigenvalue weighted by Gasteiger charge is -2.13. The average molecular weight is 397 g/mol. The molecule has 1 amide bonds. The van der Waals surface area contributed by atoms with E-state index in [9.17, 15) is 9.90 Å². The first-order valence-corrected chi connectivity index (χ1v) is 9.16. The summed E-state index contributed by atoms with van der Waals surface area (Å²) in [5.74, 6) is -0.170. The van der Waals surface area contributed by atoms with E-state index in [-0.39, 0.29) is 11.7 Å². The molecule has 0 saturated heterocycles. The zero-order chi connectivity index (χ0) is 18.8. The number of hydrogen-bond acceptors (Lipinski definition) is 5. The number of aromatic hydroxyl groups is 1. The molecular formula is C19H13ClN4O2S. The van der Waals surface area contributed by atoms with Crippen molar-refractivity contribution in [2.24, 2.45) is 0 Å². The van der Waals surface area contributed by atoms with Gasteiger partial charge in [0.05, 0.1) is 10.6 Å². The Balaban J connectivity index is 1.77. The first-order valence-electron chi connectivity index (χ1n) is 7.96. The number of phenols is 1. The van der Waals surface area contributed by atoms with Crippen molar-refractivity contribution in [3.05, 3.63) is 71.5 Å². The van der Waals surface area contributed by atoms with Gasteiger partial charge in [-0.25, -0.2) is 4.98 Å². The second-order valence-corrected chi connectivity index (χ2v) is 7.14. The summed E-state index contributed by atoms with van der Waals surface area (Å²) in [4.78, 5) is 17.3. The number of nitrogens with zero attached hydrogens (tertiary/aromatic N) is 2. The molecule has 1 heterocycles. The minimum atomic E-state index is -0.288. The highest BCUT2D eigenvalue weighted by atomic mass is 35.5. The number of benzene rings is 3. The molecule has 8 heteroatoms. The fourth-order valence-electron chi connectivity index (χ4n) is 2.69. The Kier molecular flexibility index (Phi) is 4.70. The zero-order valence-corrected chi connectivity index (χ0v) is 15.4. The quantitative estimate of drug-likeness (QED) is 0.434. The summed E-state index contributed by atoms with van der Waals surface area (Å²) >= 11 is 7.20. The van der Waals surface area contributed by atoms with Gasteiger partial charge < -0.3 is 10.4 Å². The number of hydrogen-bond donors (Lipinski definition) is 3. The van der Waals surface area contributed by atoms with E-state index in [1.807, 2.05) is 18.2 Å². The average Bonchev–Trinajstić information content (AvgIpc) is 3.18. The second-order valence-electron chi connectivity index (χ2n) is 5.67. The van der Waals surface area contributed by atoms with Crippen molar-refractivity contribution < 1.29 is 9.90 Å². The summed E-state index contributed by atoms with van der Waals surface area (Å²) < 4.78 is 0. The molecule has 134 valence electrons. The zero-order valence-electron chi connectivity index (χ0n) is 13.8. The predicted octanol–water partition coefficient (Wildman–Crippen LogP) is 4.72. The van der Waals surface area contributed by atoms with Crippen LogP contribution in [-0.2, 0) is 0 Å². The molecule has 0 aliphatic rings. The van der Waals surface area contributed by atoms with Crippen LogP contribution in [-0.4, -0.2) is 26.2 Å². The third-order valence-corrected chi connectivity index (χ3v) is 5.07.